The van der Waals surface area contributed by atoms with Crippen molar-refractivity contribution >= 4 is 17.4 Å². The summed E-state index contributed by atoms with van der Waals surface area (Å²) in [5, 5.41) is 3.05. The Morgan fingerprint density at radius 1 is 1.08 bits per heavy atom. The molecule has 0 radical (unpaired) electrons. The highest BCUT2D eigenvalue weighted by Gasteiger charge is 2.20. The van der Waals surface area contributed by atoms with Gasteiger partial charge in [0.05, 0.1) is 19.2 Å². The van der Waals surface area contributed by atoms with Crippen LogP contribution < -0.4 is 5.32 Å². The van der Waals surface area contributed by atoms with E-state index in [-0.39, 0.29) is 24.2 Å². The molecule has 25 heavy (non-hydrogen) atoms. The standard InChI is InChI=1S/C20H25NO4/c1-12(2)16-10-18(25-19(16)13(3)4)17(22)11-21-15-8-6-14(7-9-15)20(23)24-5/h6-10,12-13,21H,11H2,1-5H3. The number of hydrogen-bond donors (Lipinski definition) is 1. The number of furan rings is 1. The van der Waals surface area contributed by atoms with Gasteiger partial charge in [0.15, 0.2) is 5.76 Å². The van der Waals surface area contributed by atoms with E-state index in [1.807, 2.05) is 6.07 Å². The van der Waals surface area contributed by atoms with Crippen LogP contribution >= 0.6 is 0 Å². The summed E-state index contributed by atoms with van der Waals surface area (Å²) in [4.78, 5) is 23.8. The number of carbonyl (C=O) groups is 2. The molecule has 0 spiro atoms. The number of ether oxygens (including phenoxy) is 1. The molecule has 0 unspecified atom stereocenters. The van der Waals surface area contributed by atoms with Crippen LogP contribution in [0.3, 0.4) is 0 Å². The minimum Gasteiger partial charge on any atom is -0.465 e. The van der Waals surface area contributed by atoms with Crippen LogP contribution in [-0.2, 0) is 4.74 Å². The molecule has 0 atom stereocenters. The minimum absolute atomic E-state index is 0.106. The number of benzene rings is 1. The zero-order valence-electron chi connectivity index (χ0n) is 15.4. The zero-order valence-corrected chi connectivity index (χ0v) is 15.4. The van der Waals surface area contributed by atoms with Gasteiger partial charge in [-0.15, -0.1) is 0 Å². The number of Topliss-reactive ketones (excluding diaryl/α,β-unsaturated/α-hetero) is 1. The normalized spacial score (nSPS) is 11.0. The van der Waals surface area contributed by atoms with Gasteiger partial charge in [-0.05, 0) is 41.8 Å². The average Bonchev–Trinajstić information content (AvgIpc) is 3.05. The fourth-order valence-electron chi connectivity index (χ4n) is 2.57. The third kappa shape index (κ3) is 4.50. The minimum atomic E-state index is -0.388. The molecule has 0 aliphatic carbocycles. The second kappa shape index (κ2) is 8.01. The molecule has 1 heterocycles. The quantitative estimate of drug-likeness (QED) is 0.587. The van der Waals surface area contributed by atoms with E-state index < -0.39 is 0 Å². The van der Waals surface area contributed by atoms with E-state index in [1.54, 1.807) is 24.3 Å². The zero-order chi connectivity index (χ0) is 18.6. The van der Waals surface area contributed by atoms with Gasteiger partial charge in [0.25, 0.3) is 0 Å². The largest absolute Gasteiger partial charge is 0.465 e. The van der Waals surface area contributed by atoms with Gasteiger partial charge in [0.1, 0.15) is 5.76 Å². The van der Waals surface area contributed by atoms with E-state index in [0.29, 0.717) is 17.2 Å². The van der Waals surface area contributed by atoms with Gasteiger partial charge < -0.3 is 14.5 Å². The van der Waals surface area contributed by atoms with Gasteiger partial charge in [-0.3, -0.25) is 4.79 Å². The van der Waals surface area contributed by atoms with Crippen molar-refractivity contribution in [3.05, 3.63) is 53.0 Å². The molecule has 0 saturated carbocycles. The fraction of sp³-hybridized carbons (Fsp3) is 0.400. The van der Waals surface area contributed by atoms with Crippen LogP contribution in [0.25, 0.3) is 0 Å². The Kier molecular flexibility index (Phi) is 6.02. The second-order valence-electron chi connectivity index (χ2n) is 6.59. The van der Waals surface area contributed by atoms with E-state index in [0.717, 1.165) is 17.0 Å². The third-order valence-electron chi connectivity index (χ3n) is 3.97. The number of nitrogens with one attached hydrogen (secondary N) is 1. The molecule has 1 aromatic heterocycles. The number of carbonyl (C=O) groups excluding carboxylic acids is 2. The number of hydrogen-bond acceptors (Lipinski definition) is 5. The molecule has 1 aromatic carbocycles. The molecule has 0 fully saturated rings. The second-order valence-corrected chi connectivity index (χ2v) is 6.59. The van der Waals surface area contributed by atoms with Gasteiger partial charge in [0, 0.05) is 11.6 Å². The maximum absolute atomic E-state index is 12.4. The molecule has 2 rings (SSSR count). The van der Waals surface area contributed by atoms with E-state index >= 15 is 0 Å². The first-order valence-electron chi connectivity index (χ1n) is 8.42. The molecule has 0 aliphatic heterocycles. The van der Waals surface area contributed by atoms with Crippen LogP contribution in [0, 0.1) is 0 Å². The molecule has 2 aromatic rings. The van der Waals surface area contributed by atoms with Gasteiger partial charge in [-0.2, -0.15) is 0 Å². The summed E-state index contributed by atoms with van der Waals surface area (Å²) < 4.78 is 10.5. The highest BCUT2D eigenvalue weighted by atomic mass is 16.5. The van der Waals surface area contributed by atoms with Crippen LogP contribution in [0.1, 0.15) is 71.8 Å². The summed E-state index contributed by atoms with van der Waals surface area (Å²) in [5.41, 5.74) is 2.30. The first kappa shape index (κ1) is 18.8. The lowest BCUT2D eigenvalue weighted by molar-refractivity contribution is 0.0600. The fourth-order valence-corrected chi connectivity index (χ4v) is 2.57. The highest BCUT2D eigenvalue weighted by molar-refractivity contribution is 5.97. The Balaban J connectivity index is 2.05. The van der Waals surface area contributed by atoms with Gasteiger partial charge in [-0.1, -0.05) is 27.7 Å². The van der Waals surface area contributed by atoms with Crippen molar-refractivity contribution in [2.75, 3.05) is 19.0 Å². The number of ketones is 1. The summed E-state index contributed by atoms with van der Waals surface area (Å²) in [6, 6.07) is 8.63. The van der Waals surface area contributed by atoms with Crippen LogP contribution in [0.2, 0.25) is 0 Å². The van der Waals surface area contributed by atoms with Crippen molar-refractivity contribution in [1.82, 2.24) is 0 Å². The highest BCUT2D eigenvalue weighted by Crippen LogP contribution is 2.29. The summed E-state index contributed by atoms with van der Waals surface area (Å²) in [6.45, 7) is 8.42. The molecule has 0 aliphatic rings. The van der Waals surface area contributed by atoms with Crippen molar-refractivity contribution in [2.24, 2.45) is 0 Å². The van der Waals surface area contributed by atoms with E-state index in [4.69, 9.17) is 4.42 Å². The predicted molar refractivity (Wildman–Crippen MR) is 97.5 cm³/mol. The van der Waals surface area contributed by atoms with Crippen molar-refractivity contribution in [3.63, 3.8) is 0 Å². The van der Waals surface area contributed by atoms with Crippen molar-refractivity contribution < 1.29 is 18.7 Å². The summed E-state index contributed by atoms with van der Waals surface area (Å²) in [7, 11) is 1.34. The van der Waals surface area contributed by atoms with Crippen LogP contribution in [0.4, 0.5) is 5.69 Å². The lowest BCUT2D eigenvalue weighted by Crippen LogP contribution is -2.13. The maximum atomic E-state index is 12.4. The SMILES string of the molecule is COC(=O)c1ccc(NCC(=O)c2cc(C(C)C)c(C(C)C)o2)cc1. The molecule has 0 saturated heterocycles. The van der Waals surface area contributed by atoms with Crippen molar-refractivity contribution in [3.8, 4) is 0 Å². The van der Waals surface area contributed by atoms with Gasteiger partial charge >= 0.3 is 5.97 Å². The molecular formula is C20H25NO4. The number of anilines is 1. The average molecular weight is 343 g/mol. The van der Waals surface area contributed by atoms with Crippen molar-refractivity contribution in [1.29, 1.82) is 0 Å². The molecule has 5 nitrogen and oxygen atoms in total. The first-order valence-corrected chi connectivity index (χ1v) is 8.42. The summed E-state index contributed by atoms with van der Waals surface area (Å²) in [6.07, 6.45) is 0. The van der Waals surface area contributed by atoms with Crippen LogP contribution in [0.15, 0.2) is 34.7 Å². The number of esters is 1. The topological polar surface area (TPSA) is 68.5 Å². The Labute approximate surface area is 148 Å². The molecular weight excluding hydrogens is 318 g/mol. The third-order valence-corrected chi connectivity index (χ3v) is 3.97. The lowest BCUT2D eigenvalue weighted by atomic mass is 9.98. The summed E-state index contributed by atoms with van der Waals surface area (Å²) >= 11 is 0. The van der Waals surface area contributed by atoms with E-state index in [1.165, 1.54) is 7.11 Å². The Morgan fingerprint density at radius 3 is 2.20 bits per heavy atom. The van der Waals surface area contributed by atoms with Gasteiger partial charge in [-0.25, -0.2) is 4.79 Å². The first-order chi connectivity index (χ1) is 11.8. The summed E-state index contributed by atoms with van der Waals surface area (Å²) in [5.74, 6) is 1.30. The monoisotopic (exact) mass is 343 g/mol. The van der Waals surface area contributed by atoms with Crippen molar-refractivity contribution in [2.45, 2.75) is 39.5 Å². The smallest absolute Gasteiger partial charge is 0.337 e. The van der Waals surface area contributed by atoms with E-state index in [2.05, 4.69) is 37.7 Å². The van der Waals surface area contributed by atoms with Gasteiger partial charge in [0.2, 0.25) is 5.78 Å². The number of rotatable bonds is 7. The lowest BCUT2D eigenvalue weighted by Gasteiger charge is -2.07. The Morgan fingerprint density at radius 2 is 1.72 bits per heavy atom. The molecule has 0 bridgehead atoms. The Bertz CT molecular complexity index is 716. The molecule has 0 amide bonds. The van der Waals surface area contributed by atoms with E-state index in [9.17, 15) is 9.59 Å². The Hall–Kier alpha value is -2.56. The number of methoxy groups -OCH3 is 1. The maximum Gasteiger partial charge on any atom is 0.337 e. The van der Waals surface area contributed by atoms with Crippen LogP contribution in [-0.4, -0.2) is 25.4 Å². The molecule has 1 N–H and O–H groups in total. The van der Waals surface area contributed by atoms with Crippen LogP contribution in [0.5, 0.6) is 0 Å². The predicted octanol–water partition coefficient (Wildman–Crippen LogP) is 4.61. The molecule has 134 valence electrons. The molecule has 5 heteroatoms.